The minimum Gasteiger partial charge on any atom is -0.488 e. The number of benzene rings is 1. The third-order valence-electron chi connectivity index (χ3n) is 5.65. The van der Waals surface area contributed by atoms with Crippen molar-refractivity contribution in [3.05, 3.63) is 53.7 Å². The second kappa shape index (κ2) is 9.61. The molecule has 2 N–H and O–H groups in total. The quantitative estimate of drug-likeness (QED) is 0.689. The third-order valence-corrected chi connectivity index (χ3v) is 5.65. The highest BCUT2D eigenvalue weighted by atomic mass is 16.5. The van der Waals surface area contributed by atoms with E-state index in [0.717, 1.165) is 18.4 Å². The van der Waals surface area contributed by atoms with Gasteiger partial charge >= 0.3 is 5.97 Å². The molecule has 2 aromatic rings. The van der Waals surface area contributed by atoms with E-state index in [9.17, 15) is 14.7 Å². The number of carboxylic acids is 1. The van der Waals surface area contributed by atoms with E-state index >= 15 is 0 Å². The summed E-state index contributed by atoms with van der Waals surface area (Å²) in [6, 6.07) is 11.5. The first kappa shape index (κ1) is 21.6. The van der Waals surface area contributed by atoms with Crippen LogP contribution in [0.15, 0.2) is 42.6 Å². The van der Waals surface area contributed by atoms with Crippen LogP contribution in [-0.4, -0.2) is 41.2 Å². The van der Waals surface area contributed by atoms with Crippen molar-refractivity contribution in [2.24, 2.45) is 5.92 Å². The summed E-state index contributed by atoms with van der Waals surface area (Å²) < 4.78 is 11.1. The molecular weight excluding hydrogens is 384 g/mol. The zero-order chi connectivity index (χ0) is 21.6. The van der Waals surface area contributed by atoms with Gasteiger partial charge in [-0.2, -0.15) is 0 Å². The molecule has 0 atom stereocenters. The fourth-order valence-corrected chi connectivity index (χ4v) is 3.67. The summed E-state index contributed by atoms with van der Waals surface area (Å²) in [5.41, 5.74) is 0.135. The lowest BCUT2D eigenvalue weighted by Gasteiger charge is -2.36. The van der Waals surface area contributed by atoms with Gasteiger partial charge in [-0.05, 0) is 37.2 Å². The fourth-order valence-electron chi connectivity index (χ4n) is 3.67. The van der Waals surface area contributed by atoms with Crippen LogP contribution in [0.1, 0.15) is 48.5 Å². The monoisotopic (exact) mass is 412 g/mol. The van der Waals surface area contributed by atoms with Gasteiger partial charge in [-0.25, -0.2) is 9.78 Å². The molecule has 1 aliphatic carbocycles. The van der Waals surface area contributed by atoms with Gasteiger partial charge in [0, 0.05) is 18.7 Å². The Morgan fingerprint density at radius 2 is 1.93 bits per heavy atom. The van der Waals surface area contributed by atoms with Crippen molar-refractivity contribution in [3.63, 3.8) is 0 Å². The van der Waals surface area contributed by atoms with Crippen molar-refractivity contribution in [3.8, 4) is 11.6 Å². The maximum atomic E-state index is 12.8. The summed E-state index contributed by atoms with van der Waals surface area (Å²) in [4.78, 5) is 28.9. The Labute approximate surface area is 176 Å². The van der Waals surface area contributed by atoms with E-state index in [1.54, 1.807) is 6.07 Å². The SMILES string of the molecule is COc1ncc(C(=O)N[C@]2(C(=O)O)CC[C@@H](C)CC2)cc1OCCc1ccccc1. The summed E-state index contributed by atoms with van der Waals surface area (Å²) in [7, 11) is 1.48. The number of nitrogens with one attached hydrogen (secondary N) is 1. The number of carboxylic acid groups (broad SMARTS) is 1. The van der Waals surface area contributed by atoms with E-state index in [2.05, 4.69) is 17.2 Å². The molecule has 7 heteroatoms. The highest BCUT2D eigenvalue weighted by molar-refractivity contribution is 5.98. The van der Waals surface area contributed by atoms with Gasteiger partial charge in [-0.3, -0.25) is 4.79 Å². The number of hydrogen-bond donors (Lipinski definition) is 2. The molecule has 3 rings (SSSR count). The molecular formula is C23H28N2O5. The predicted octanol–water partition coefficient (Wildman–Crippen LogP) is 3.48. The molecule has 1 aliphatic rings. The Balaban J connectivity index is 1.71. The number of aromatic nitrogens is 1. The molecule has 0 radical (unpaired) electrons. The Morgan fingerprint density at radius 3 is 2.57 bits per heavy atom. The summed E-state index contributed by atoms with van der Waals surface area (Å²) in [6.07, 6.45) is 4.43. The van der Waals surface area contributed by atoms with Crippen LogP contribution in [0.3, 0.4) is 0 Å². The number of pyridine rings is 1. The minimum absolute atomic E-state index is 0.241. The van der Waals surface area contributed by atoms with E-state index in [0.29, 0.717) is 37.5 Å². The molecule has 1 aromatic heterocycles. The van der Waals surface area contributed by atoms with Gasteiger partial charge in [0.05, 0.1) is 19.3 Å². The zero-order valence-electron chi connectivity index (χ0n) is 17.4. The Kier molecular flexibility index (Phi) is 6.92. The van der Waals surface area contributed by atoms with Crippen LogP contribution >= 0.6 is 0 Å². The average molecular weight is 412 g/mol. The Bertz CT molecular complexity index is 876. The Hall–Kier alpha value is -3.09. The van der Waals surface area contributed by atoms with Crippen molar-refractivity contribution >= 4 is 11.9 Å². The molecule has 0 bridgehead atoms. The van der Waals surface area contributed by atoms with Gasteiger partial charge in [0.25, 0.3) is 11.8 Å². The van der Waals surface area contributed by atoms with Crippen LogP contribution in [0.4, 0.5) is 0 Å². The maximum absolute atomic E-state index is 12.8. The molecule has 1 heterocycles. The lowest BCUT2D eigenvalue weighted by molar-refractivity contribution is -0.146. The summed E-state index contributed by atoms with van der Waals surface area (Å²) in [5.74, 6) is -0.387. The number of carbonyl (C=O) groups is 2. The second-order valence-electron chi connectivity index (χ2n) is 7.84. The largest absolute Gasteiger partial charge is 0.488 e. The summed E-state index contributed by atoms with van der Waals surface area (Å²) >= 11 is 0. The van der Waals surface area contributed by atoms with Crippen LogP contribution in [0, 0.1) is 5.92 Å². The molecule has 0 unspecified atom stereocenters. The molecule has 0 spiro atoms. The van der Waals surface area contributed by atoms with Gasteiger partial charge in [0.15, 0.2) is 5.75 Å². The van der Waals surface area contributed by atoms with Gasteiger partial charge in [-0.15, -0.1) is 0 Å². The number of rotatable bonds is 8. The molecule has 0 aliphatic heterocycles. The van der Waals surface area contributed by atoms with Crippen LogP contribution in [0.25, 0.3) is 0 Å². The number of hydrogen-bond acceptors (Lipinski definition) is 5. The summed E-state index contributed by atoms with van der Waals surface area (Å²) in [6.45, 7) is 2.49. The smallest absolute Gasteiger partial charge is 0.329 e. The molecule has 30 heavy (non-hydrogen) atoms. The second-order valence-corrected chi connectivity index (χ2v) is 7.84. The van der Waals surface area contributed by atoms with Crippen LogP contribution < -0.4 is 14.8 Å². The number of aliphatic carboxylic acids is 1. The van der Waals surface area contributed by atoms with E-state index < -0.39 is 17.4 Å². The first-order valence-electron chi connectivity index (χ1n) is 10.2. The highest BCUT2D eigenvalue weighted by Crippen LogP contribution is 2.33. The van der Waals surface area contributed by atoms with Crippen molar-refractivity contribution in [2.45, 2.75) is 44.6 Å². The maximum Gasteiger partial charge on any atom is 0.329 e. The number of ether oxygens (including phenoxy) is 2. The number of carbonyl (C=O) groups excluding carboxylic acids is 1. The predicted molar refractivity (Wildman–Crippen MR) is 112 cm³/mol. The number of nitrogens with zero attached hydrogens (tertiary/aromatic N) is 1. The lowest BCUT2D eigenvalue weighted by atomic mass is 9.77. The van der Waals surface area contributed by atoms with E-state index in [-0.39, 0.29) is 11.4 Å². The standard InChI is InChI=1S/C23H28N2O5/c1-16-8-11-23(12-9-16,22(27)28)25-20(26)18-14-19(21(29-2)24-15-18)30-13-10-17-6-4-3-5-7-17/h3-7,14-16H,8-13H2,1-2H3,(H,25,26)(H,27,28)/t16-,23-. The lowest BCUT2D eigenvalue weighted by Crippen LogP contribution is -2.56. The van der Waals surface area contributed by atoms with E-state index in [4.69, 9.17) is 9.47 Å². The van der Waals surface area contributed by atoms with Crippen LogP contribution in [-0.2, 0) is 11.2 Å². The highest BCUT2D eigenvalue weighted by Gasteiger charge is 2.42. The normalized spacial score (nSPS) is 20.9. The first-order chi connectivity index (χ1) is 14.4. The van der Waals surface area contributed by atoms with Crippen LogP contribution in [0.5, 0.6) is 11.6 Å². The van der Waals surface area contributed by atoms with Crippen molar-refractivity contribution in [1.82, 2.24) is 10.3 Å². The van der Waals surface area contributed by atoms with E-state index in [1.807, 2.05) is 30.3 Å². The van der Waals surface area contributed by atoms with Crippen molar-refractivity contribution in [2.75, 3.05) is 13.7 Å². The zero-order valence-corrected chi connectivity index (χ0v) is 17.4. The number of methoxy groups -OCH3 is 1. The molecule has 1 saturated carbocycles. The third kappa shape index (κ3) is 5.09. The summed E-state index contributed by atoms with van der Waals surface area (Å²) in [5, 5.41) is 12.5. The van der Waals surface area contributed by atoms with Crippen molar-refractivity contribution < 1.29 is 24.2 Å². The van der Waals surface area contributed by atoms with Gasteiger partial charge in [0.1, 0.15) is 5.54 Å². The fraction of sp³-hybridized carbons (Fsp3) is 0.435. The minimum atomic E-state index is -1.24. The molecule has 1 amide bonds. The van der Waals surface area contributed by atoms with Gasteiger partial charge < -0.3 is 19.9 Å². The van der Waals surface area contributed by atoms with Crippen LogP contribution in [0.2, 0.25) is 0 Å². The molecule has 1 aromatic carbocycles. The van der Waals surface area contributed by atoms with Crippen molar-refractivity contribution in [1.29, 1.82) is 0 Å². The Morgan fingerprint density at radius 1 is 1.23 bits per heavy atom. The van der Waals surface area contributed by atoms with Gasteiger partial charge in [0.2, 0.25) is 0 Å². The number of amides is 1. The molecule has 7 nitrogen and oxygen atoms in total. The molecule has 160 valence electrons. The van der Waals surface area contributed by atoms with E-state index in [1.165, 1.54) is 13.3 Å². The first-order valence-corrected chi connectivity index (χ1v) is 10.2. The molecule has 1 fully saturated rings. The average Bonchev–Trinajstić information content (AvgIpc) is 2.76. The topological polar surface area (TPSA) is 97.8 Å². The van der Waals surface area contributed by atoms with Gasteiger partial charge in [-0.1, -0.05) is 37.3 Å². The molecule has 0 saturated heterocycles.